The highest BCUT2D eigenvalue weighted by atomic mass is 79.9. The molecule has 136 valence electrons. The lowest BCUT2D eigenvalue weighted by Crippen LogP contribution is -2.41. The van der Waals surface area contributed by atoms with Crippen molar-refractivity contribution in [1.82, 2.24) is 29.3 Å². The lowest BCUT2D eigenvalue weighted by Gasteiger charge is -2.33. The maximum atomic E-state index is 13.1. The van der Waals surface area contributed by atoms with Gasteiger partial charge in [0, 0.05) is 23.8 Å². The second kappa shape index (κ2) is 6.05. The quantitative estimate of drug-likeness (QED) is 0.491. The molecule has 27 heavy (non-hydrogen) atoms. The SMILES string of the molecule is CC1c2nnc(-c3ccco3)n2CCN1C(=O)c1cc2ccc(Br)cn2n1. The van der Waals surface area contributed by atoms with Gasteiger partial charge in [-0.2, -0.15) is 5.10 Å². The third-order valence-electron chi connectivity index (χ3n) is 4.83. The van der Waals surface area contributed by atoms with Gasteiger partial charge in [0.1, 0.15) is 0 Å². The maximum Gasteiger partial charge on any atom is 0.275 e. The Morgan fingerprint density at radius 2 is 2.15 bits per heavy atom. The van der Waals surface area contributed by atoms with E-state index in [1.165, 1.54) is 0 Å². The molecule has 5 rings (SSSR count). The van der Waals surface area contributed by atoms with E-state index in [1.807, 2.05) is 42.0 Å². The summed E-state index contributed by atoms with van der Waals surface area (Å²) in [5, 5.41) is 13.0. The van der Waals surface area contributed by atoms with Crippen LogP contribution in [0.5, 0.6) is 0 Å². The fraction of sp³-hybridized carbons (Fsp3) is 0.222. The Morgan fingerprint density at radius 3 is 2.96 bits per heavy atom. The van der Waals surface area contributed by atoms with Gasteiger partial charge in [0.25, 0.3) is 5.91 Å². The fourth-order valence-electron chi connectivity index (χ4n) is 3.46. The van der Waals surface area contributed by atoms with Crippen molar-refractivity contribution in [3.8, 4) is 11.6 Å². The summed E-state index contributed by atoms with van der Waals surface area (Å²) in [6, 6.07) is 9.11. The van der Waals surface area contributed by atoms with Crippen LogP contribution in [0, 0.1) is 0 Å². The third-order valence-corrected chi connectivity index (χ3v) is 5.30. The first-order chi connectivity index (χ1) is 13.1. The lowest BCUT2D eigenvalue weighted by molar-refractivity contribution is 0.0632. The minimum absolute atomic E-state index is 0.115. The molecule has 5 heterocycles. The number of pyridine rings is 1. The average Bonchev–Trinajstić information content (AvgIpc) is 3.39. The Balaban J connectivity index is 1.47. The molecule has 0 spiro atoms. The van der Waals surface area contributed by atoms with Crippen LogP contribution in [0.25, 0.3) is 17.1 Å². The van der Waals surface area contributed by atoms with Crippen LogP contribution in [0.1, 0.15) is 29.3 Å². The molecular weight excluding hydrogens is 412 g/mol. The molecule has 4 aromatic rings. The minimum Gasteiger partial charge on any atom is -0.461 e. The molecule has 0 saturated heterocycles. The molecule has 0 bridgehead atoms. The highest BCUT2D eigenvalue weighted by Gasteiger charge is 2.33. The number of aromatic nitrogens is 5. The van der Waals surface area contributed by atoms with Crippen LogP contribution in [-0.2, 0) is 6.54 Å². The van der Waals surface area contributed by atoms with E-state index in [4.69, 9.17) is 4.42 Å². The molecule has 1 atom stereocenters. The maximum absolute atomic E-state index is 13.1. The molecule has 0 saturated carbocycles. The van der Waals surface area contributed by atoms with Gasteiger partial charge in [0.2, 0.25) is 0 Å². The number of nitrogens with zero attached hydrogens (tertiary/aromatic N) is 6. The van der Waals surface area contributed by atoms with Crippen LogP contribution in [-0.4, -0.2) is 41.7 Å². The number of rotatable bonds is 2. The Kier molecular flexibility index (Phi) is 3.64. The fourth-order valence-corrected chi connectivity index (χ4v) is 3.79. The van der Waals surface area contributed by atoms with Gasteiger partial charge in [-0.05, 0) is 53.2 Å². The number of hydrogen-bond acceptors (Lipinski definition) is 5. The molecule has 0 fully saturated rings. The van der Waals surface area contributed by atoms with Crippen molar-refractivity contribution < 1.29 is 9.21 Å². The number of halogens is 1. The zero-order valence-electron chi connectivity index (χ0n) is 14.4. The summed E-state index contributed by atoms with van der Waals surface area (Å²) < 4.78 is 10.1. The topological polar surface area (TPSA) is 81.5 Å². The van der Waals surface area contributed by atoms with Crippen LogP contribution in [0.4, 0.5) is 0 Å². The predicted octanol–water partition coefficient (Wildman–Crippen LogP) is 3.17. The largest absolute Gasteiger partial charge is 0.461 e. The van der Waals surface area contributed by atoms with Crippen molar-refractivity contribution in [2.24, 2.45) is 0 Å². The first-order valence-corrected chi connectivity index (χ1v) is 9.34. The van der Waals surface area contributed by atoms with E-state index in [0.29, 0.717) is 30.4 Å². The molecule has 9 heteroatoms. The van der Waals surface area contributed by atoms with E-state index in [0.717, 1.165) is 15.8 Å². The van der Waals surface area contributed by atoms with E-state index in [-0.39, 0.29) is 11.9 Å². The van der Waals surface area contributed by atoms with Crippen LogP contribution < -0.4 is 0 Å². The molecule has 1 unspecified atom stereocenters. The number of carbonyl (C=O) groups excluding carboxylic acids is 1. The van der Waals surface area contributed by atoms with Crippen LogP contribution in [0.15, 0.2) is 51.7 Å². The minimum atomic E-state index is -0.209. The molecule has 0 aliphatic carbocycles. The number of hydrogen-bond donors (Lipinski definition) is 0. The van der Waals surface area contributed by atoms with Gasteiger partial charge in [0.15, 0.2) is 23.1 Å². The highest BCUT2D eigenvalue weighted by molar-refractivity contribution is 9.10. The van der Waals surface area contributed by atoms with Gasteiger partial charge in [0.05, 0.1) is 17.8 Å². The van der Waals surface area contributed by atoms with Crippen molar-refractivity contribution in [1.29, 1.82) is 0 Å². The Labute approximate surface area is 162 Å². The number of carbonyl (C=O) groups is 1. The molecular formula is C18H15BrN6O2. The van der Waals surface area contributed by atoms with E-state index >= 15 is 0 Å². The number of fused-ring (bicyclic) bond motifs is 2. The summed E-state index contributed by atoms with van der Waals surface area (Å²) in [5.74, 6) is 1.99. The average molecular weight is 427 g/mol. The standard InChI is InChI=1S/C18H15BrN6O2/c1-11-16-20-21-17(15-3-2-8-27-15)24(16)7-6-23(11)18(26)14-9-13-5-4-12(19)10-25(13)22-14/h2-5,8-11H,6-7H2,1H3. The van der Waals surface area contributed by atoms with E-state index in [2.05, 4.69) is 31.2 Å². The zero-order chi connectivity index (χ0) is 18.5. The summed E-state index contributed by atoms with van der Waals surface area (Å²) in [4.78, 5) is 14.9. The van der Waals surface area contributed by atoms with Crippen LogP contribution >= 0.6 is 15.9 Å². The first-order valence-electron chi connectivity index (χ1n) is 8.55. The summed E-state index contributed by atoms with van der Waals surface area (Å²) in [5.41, 5.74) is 1.29. The normalized spacial score (nSPS) is 16.7. The van der Waals surface area contributed by atoms with Crippen molar-refractivity contribution in [3.05, 3.63) is 58.8 Å². The lowest BCUT2D eigenvalue weighted by atomic mass is 10.2. The highest BCUT2D eigenvalue weighted by Crippen LogP contribution is 2.29. The molecule has 0 radical (unpaired) electrons. The zero-order valence-corrected chi connectivity index (χ0v) is 16.0. The summed E-state index contributed by atoms with van der Waals surface area (Å²) in [6.45, 7) is 3.11. The summed E-state index contributed by atoms with van der Waals surface area (Å²) in [7, 11) is 0. The number of furan rings is 1. The monoisotopic (exact) mass is 426 g/mol. The second-order valence-electron chi connectivity index (χ2n) is 6.43. The van der Waals surface area contributed by atoms with Gasteiger partial charge < -0.3 is 13.9 Å². The Morgan fingerprint density at radius 1 is 1.26 bits per heavy atom. The van der Waals surface area contributed by atoms with Crippen molar-refractivity contribution in [3.63, 3.8) is 0 Å². The summed E-state index contributed by atoms with van der Waals surface area (Å²) >= 11 is 3.42. The van der Waals surface area contributed by atoms with Gasteiger partial charge in [-0.25, -0.2) is 4.52 Å². The van der Waals surface area contributed by atoms with Crippen molar-refractivity contribution >= 4 is 27.4 Å². The smallest absolute Gasteiger partial charge is 0.275 e. The third kappa shape index (κ3) is 2.57. The summed E-state index contributed by atoms with van der Waals surface area (Å²) in [6.07, 6.45) is 3.44. The molecule has 8 nitrogen and oxygen atoms in total. The van der Waals surface area contributed by atoms with Crippen LogP contribution in [0.3, 0.4) is 0 Å². The number of amides is 1. The van der Waals surface area contributed by atoms with E-state index in [9.17, 15) is 4.79 Å². The van der Waals surface area contributed by atoms with Gasteiger partial charge in [-0.1, -0.05) is 0 Å². The van der Waals surface area contributed by atoms with Crippen molar-refractivity contribution in [2.75, 3.05) is 6.54 Å². The molecule has 4 aromatic heterocycles. The van der Waals surface area contributed by atoms with Crippen molar-refractivity contribution in [2.45, 2.75) is 19.5 Å². The van der Waals surface area contributed by atoms with Gasteiger partial charge >= 0.3 is 0 Å². The molecule has 1 aliphatic heterocycles. The van der Waals surface area contributed by atoms with E-state index < -0.39 is 0 Å². The predicted molar refractivity (Wildman–Crippen MR) is 100 cm³/mol. The second-order valence-corrected chi connectivity index (χ2v) is 7.35. The van der Waals surface area contributed by atoms with E-state index in [1.54, 1.807) is 21.7 Å². The Hall–Kier alpha value is -2.94. The first kappa shape index (κ1) is 16.2. The molecule has 1 aliphatic rings. The molecule has 0 aromatic carbocycles. The van der Waals surface area contributed by atoms with Gasteiger partial charge in [-0.3, -0.25) is 4.79 Å². The van der Waals surface area contributed by atoms with Crippen LogP contribution in [0.2, 0.25) is 0 Å². The molecule has 0 N–H and O–H groups in total. The Bertz CT molecular complexity index is 1150. The van der Waals surface area contributed by atoms with Gasteiger partial charge in [-0.15, -0.1) is 10.2 Å². The molecule has 1 amide bonds.